The van der Waals surface area contributed by atoms with Gasteiger partial charge in [-0.25, -0.2) is 0 Å². The number of nitrogens with zero attached hydrogens (tertiary/aromatic N) is 1. The fraction of sp³-hybridized carbons (Fsp3) is 0.100. The summed E-state index contributed by atoms with van der Waals surface area (Å²) >= 11 is 0. The first-order valence-electron chi connectivity index (χ1n) is 4.43. The number of hydrogen-bond acceptors (Lipinski definition) is 3. The van der Waals surface area contributed by atoms with Crippen molar-refractivity contribution in [2.24, 2.45) is 5.84 Å². The highest BCUT2D eigenvalue weighted by molar-refractivity contribution is 5.58. The number of aromatic amines is 1. The van der Waals surface area contributed by atoms with Crippen molar-refractivity contribution in [1.29, 1.82) is 0 Å². The lowest BCUT2D eigenvalue weighted by Crippen LogP contribution is -2.20. The van der Waals surface area contributed by atoms with Gasteiger partial charge in [-0.3, -0.25) is 16.4 Å². The van der Waals surface area contributed by atoms with Crippen LogP contribution in [0.15, 0.2) is 36.4 Å². The largest absolute Gasteiger partial charge is 0.281 e. The van der Waals surface area contributed by atoms with Crippen molar-refractivity contribution in [1.82, 2.24) is 15.6 Å². The van der Waals surface area contributed by atoms with Gasteiger partial charge in [-0.15, -0.1) is 0 Å². The number of rotatable bonds is 3. The van der Waals surface area contributed by atoms with Crippen LogP contribution in [0.25, 0.3) is 11.3 Å². The molecule has 0 atom stereocenters. The quantitative estimate of drug-likeness (QED) is 0.498. The molecule has 2 rings (SSSR count). The zero-order chi connectivity index (χ0) is 9.80. The van der Waals surface area contributed by atoms with Crippen LogP contribution < -0.4 is 11.3 Å². The first kappa shape index (κ1) is 8.93. The van der Waals surface area contributed by atoms with E-state index in [4.69, 9.17) is 5.84 Å². The molecule has 0 amide bonds. The van der Waals surface area contributed by atoms with Crippen LogP contribution in [0.5, 0.6) is 0 Å². The fourth-order valence-corrected chi connectivity index (χ4v) is 1.32. The van der Waals surface area contributed by atoms with Crippen molar-refractivity contribution in [2.75, 3.05) is 0 Å². The molecule has 0 radical (unpaired) electrons. The first-order valence-corrected chi connectivity index (χ1v) is 4.43. The Labute approximate surface area is 82.1 Å². The number of benzene rings is 1. The summed E-state index contributed by atoms with van der Waals surface area (Å²) in [5.74, 6) is 5.21. The molecule has 0 aliphatic heterocycles. The van der Waals surface area contributed by atoms with Crippen LogP contribution in [0.1, 0.15) is 5.69 Å². The van der Waals surface area contributed by atoms with E-state index in [2.05, 4.69) is 15.6 Å². The maximum Gasteiger partial charge on any atom is 0.0924 e. The molecule has 1 aromatic carbocycles. The number of hydrazine groups is 1. The second-order valence-electron chi connectivity index (χ2n) is 3.03. The van der Waals surface area contributed by atoms with E-state index >= 15 is 0 Å². The zero-order valence-electron chi connectivity index (χ0n) is 7.70. The average molecular weight is 188 g/mol. The summed E-state index contributed by atoms with van der Waals surface area (Å²) in [5.41, 5.74) is 5.60. The van der Waals surface area contributed by atoms with E-state index in [9.17, 15) is 0 Å². The van der Waals surface area contributed by atoms with Crippen molar-refractivity contribution >= 4 is 0 Å². The smallest absolute Gasteiger partial charge is 0.0924 e. The highest BCUT2D eigenvalue weighted by Gasteiger charge is 2.01. The van der Waals surface area contributed by atoms with Gasteiger partial charge in [0.15, 0.2) is 0 Å². The number of H-pyrrole nitrogens is 1. The first-order chi connectivity index (χ1) is 6.90. The van der Waals surface area contributed by atoms with E-state index in [0.29, 0.717) is 6.54 Å². The monoisotopic (exact) mass is 188 g/mol. The SMILES string of the molecule is NNCc1cc(-c2ccccc2)n[nH]1. The Balaban J connectivity index is 2.25. The summed E-state index contributed by atoms with van der Waals surface area (Å²) in [6.45, 7) is 0.597. The molecule has 0 saturated carbocycles. The minimum absolute atomic E-state index is 0.597. The van der Waals surface area contributed by atoms with Gasteiger partial charge in [-0.1, -0.05) is 30.3 Å². The highest BCUT2D eigenvalue weighted by atomic mass is 15.2. The molecular formula is C10H12N4. The van der Waals surface area contributed by atoms with Gasteiger partial charge in [0.2, 0.25) is 0 Å². The molecule has 1 aromatic heterocycles. The van der Waals surface area contributed by atoms with Gasteiger partial charge in [0.25, 0.3) is 0 Å². The Bertz CT molecular complexity index is 394. The van der Waals surface area contributed by atoms with Crippen molar-refractivity contribution in [3.05, 3.63) is 42.1 Å². The second-order valence-corrected chi connectivity index (χ2v) is 3.03. The maximum absolute atomic E-state index is 5.21. The molecule has 4 heteroatoms. The summed E-state index contributed by atoms with van der Waals surface area (Å²) in [7, 11) is 0. The summed E-state index contributed by atoms with van der Waals surface area (Å²) < 4.78 is 0. The molecule has 4 N–H and O–H groups in total. The molecule has 0 unspecified atom stereocenters. The van der Waals surface area contributed by atoms with Gasteiger partial charge < -0.3 is 0 Å². The van der Waals surface area contributed by atoms with E-state index in [-0.39, 0.29) is 0 Å². The molecule has 0 bridgehead atoms. The number of nitrogens with two attached hydrogens (primary N) is 1. The molecule has 2 aromatic rings. The molecule has 14 heavy (non-hydrogen) atoms. The molecular weight excluding hydrogens is 176 g/mol. The molecule has 0 spiro atoms. The standard InChI is InChI=1S/C10H12N4/c11-12-7-9-6-10(14-13-9)8-4-2-1-3-5-8/h1-6,12H,7,11H2,(H,13,14). The topological polar surface area (TPSA) is 66.7 Å². The van der Waals surface area contributed by atoms with Crippen LogP contribution in [-0.4, -0.2) is 10.2 Å². The summed E-state index contributed by atoms with van der Waals surface area (Å²) in [6.07, 6.45) is 0. The number of nitrogens with one attached hydrogen (secondary N) is 2. The van der Waals surface area contributed by atoms with Crippen LogP contribution in [-0.2, 0) is 6.54 Å². The van der Waals surface area contributed by atoms with E-state index in [1.54, 1.807) is 0 Å². The molecule has 1 heterocycles. The van der Waals surface area contributed by atoms with E-state index < -0.39 is 0 Å². The third-order valence-corrected chi connectivity index (χ3v) is 1.99. The molecule has 0 saturated heterocycles. The third kappa shape index (κ3) is 1.81. The van der Waals surface area contributed by atoms with Crippen molar-refractivity contribution in [2.45, 2.75) is 6.54 Å². The van der Waals surface area contributed by atoms with E-state index in [1.807, 2.05) is 36.4 Å². The molecule has 72 valence electrons. The van der Waals surface area contributed by atoms with Crippen LogP contribution in [0.4, 0.5) is 0 Å². The van der Waals surface area contributed by atoms with Crippen molar-refractivity contribution in [3.63, 3.8) is 0 Å². The molecule has 0 fully saturated rings. The lowest BCUT2D eigenvalue weighted by Gasteiger charge is -1.93. The summed E-state index contributed by atoms with van der Waals surface area (Å²) in [6, 6.07) is 12.0. The number of aromatic nitrogens is 2. The van der Waals surface area contributed by atoms with Crippen LogP contribution in [0.3, 0.4) is 0 Å². The third-order valence-electron chi connectivity index (χ3n) is 1.99. The average Bonchev–Trinajstić information content (AvgIpc) is 2.68. The summed E-state index contributed by atoms with van der Waals surface area (Å²) in [4.78, 5) is 0. The normalized spacial score (nSPS) is 10.4. The highest BCUT2D eigenvalue weighted by Crippen LogP contribution is 2.16. The van der Waals surface area contributed by atoms with Gasteiger partial charge >= 0.3 is 0 Å². The molecule has 0 aliphatic carbocycles. The Morgan fingerprint density at radius 1 is 1.29 bits per heavy atom. The molecule has 0 aliphatic rings. The predicted molar refractivity (Wildman–Crippen MR) is 55.1 cm³/mol. The zero-order valence-corrected chi connectivity index (χ0v) is 7.70. The minimum atomic E-state index is 0.597. The van der Waals surface area contributed by atoms with Crippen molar-refractivity contribution < 1.29 is 0 Å². The van der Waals surface area contributed by atoms with Crippen LogP contribution in [0, 0.1) is 0 Å². The fourth-order valence-electron chi connectivity index (χ4n) is 1.32. The summed E-state index contributed by atoms with van der Waals surface area (Å²) in [5, 5.41) is 7.10. The van der Waals surface area contributed by atoms with Crippen LogP contribution >= 0.6 is 0 Å². The van der Waals surface area contributed by atoms with Gasteiger partial charge in [-0.2, -0.15) is 5.10 Å². The Kier molecular flexibility index (Phi) is 2.58. The van der Waals surface area contributed by atoms with E-state index in [0.717, 1.165) is 17.0 Å². The Hall–Kier alpha value is -1.65. The lowest BCUT2D eigenvalue weighted by atomic mass is 10.1. The Morgan fingerprint density at radius 2 is 2.07 bits per heavy atom. The predicted octanol–water partition coefficient (Wildman–Crippen LogP) is 1.04. The number of hydrogen-bond donors (Lipinski definition) is 3. The lowest BCUT2D eigenvalue weighted by molar-refractivity contribution is 0.719. The Morgan fingerprint density at radius 3 is 2.79 bits per heavy atom. The molecule has 4 nitrogen and oxygen atoms in total. The van der Waals surface area contributed by atoms with Gasteiger partial charge in [0, 0.05) is 5.56 Å². The second kappa shape index (κ2) is 4.04. The van der Waals surface area contributed by atoms with Gasteiger partial charge in [0.1, 0.15) is 0 Å². The maximum atomic E-state index is 5.21. The van der Waals surface area contributed by atoms with Gasteiger partial charge in [0.05, 0.1) is 17.9 Å². The minimum Gasteiger partial charge on any atom is -0.281 e. The van der Waals surface area contributed by atoms with E-state index in [1.165, 1.54) is 0 Å². The van der Waals surface area contributed by atoms with Crippen molar-refractivity contribution in [3.8, 4) is 11.3 Å². The van der Waals surface area contributed by atoms with Gasteiger partial charge in [-0.05, 0) is 6.07 Å². The van der Waals surface area contributed by atoms with Crippen LogP contribution in [0.2, 0.25) is 0 Å².